The molecule has 0 heterocycles. The van der Waals surface area contributed by atoms with Gasteiger partial charge >= 0.3 is 0 Å². The van der Waals surface area contributed by atoms with Crippen molar-refractivity contribution in [2.45, 2.75) is 197 Å². The van der Waals surface area contributed by atoms with E-state index in [1.165, 1.54) is 66.8 Å². The fourth-order valence-electron chi connectivity index (χ4n) is 8.41. The second-order valence-electron chi connectivity index (χ2n) is 22.3. The first-order valence-corrected chi connectivity index (χ1v) is 24.2. The fourth-order valence-corrected chi connectivity index (χ4v) is 8.41. The molecule has 62 heavy (non-hydrogen) atoms. The van der Waals surface area contributed by atoms with E-state index in [2.05, 4.69) is 159 Å². The van der Waals surface area contributed by atoms with Crippen molar-refractivity contribution in [2.24, 2.45) is 0 Å². The van der Waals surface area contributed by atoms with Crippen molar-refractivity contribution in [2.75, 3.05) is 26.4 Å². The Hall–Kier alpha value is -3.92. The zero-order chi connectivity index (χ0) is 45.6. The Morgan fingerprint density at radius 3 is 0.661 bits per heavy atom. The molecule has 5 rings (SSSR count). The maximum Gasteiger partial charge on any atom is 0.126 e. The third-order valence-corrected chi connectivity index (χ3v) is 12.3. The summed E-state index contributed by atoms with van der Waals surface area (Å²) in [6.07, 6.45) is 8.82. The summed E-state index contributed by atoms with van der Waals surface area (Å²) in [4.78, 5) is 0. The van der Waals surface area contributed by atoms with Gasteiger partial charge < -0.3 is 18.9 Å². The number of hydrogen-bond donors (Lipinski definition) is 0. The summed E-state index contributed by atoms with van der Waals surface area (Å²) in [5.74, 6) is 4.04. The SMILES string of the molecule is CCCCOc1c2cc(C(C)(C)C)cc1Cc1cc(C(C)(C)C)cc(c1OCCCC)Cc1cc(C(C)(C)C)cc(c1OCCC)Cc1cc(C(C)(C)C)cc(c1OCCC)C2. The summed E-state index contributed by atoms with van der Waals surface area (Å²) in [5, 5.41) is 0. The second kappa shape index (κ2) is 20.3. The lowest BCUT2D eigenvalue weighted by Gasteiger charge is -2.29. The summed E-state index contributed by atoms with van der Waals surface area (Å²) in [7, 11) is 0. The standard InChI is InChI=1S/C58H84O4/c1-17-21-25-61-53-43-28-41-33-47(55(5,6)7)31-39(51(41)59-23-19-3)27-40-32-48(56(8,9)10)34-42(52(40)60-24-20-4)29-44-36-50(58(14,15)16)38-46(54(44)62-26-22-18-2)30-45(53)37-49(35-43)57(11,12)13/h31-38H,17-30H2,1-16H3. The number of ether oxygens (including phenoxy) is 4. The predicted octanol–water partition coefficient (Wildman–Crippen LogP) is 15.5. The molecule has 0 saturated carbocycles. The maximum atomic E-state index is 7.05. The smallest absolute Gasteiger partial charge is 0.126 e. The number of fused-ring (bicyclic) bond motifs is 8. The Balaban J connectivity index is 2.01. The molecule has 0 fully saturated rings. The van der Waals surface area contributed by atoms with Gasteiger partial charge in [0.25, 0.3) is 0 Å². The molecule has 4 aromatic carbocycles. The number of benzene rings is 4. The minimum atomic E-state index is -0.0759. The highest BCUT2D eigenvalue weighted by molar-refractivity contribution is 5.60. The molecular weight excluding hydrogens is 761 g/mol. The minimum absolute atomic E-state index is 0.0753. The molecular formula is C58H84O4. The third-order valence-electron chi connectivity index (χ3n) is 12.3. The van der Waals surface area contributed by atoms with Crippen molar-refractivity contribution in [1.82, 2.24) is 0 Å². The third kappa shape index (κ3) is 12.2. The number of hydrogen-bond acceptors (Lipinski definition) is 4. The molecule has 0 aromatic heterocycles. The van der Waals surface area contributed by atoms with Crippen molar-refractivity contribution >= 4 is 0 Å². The molecule has 0 radical (unpaired) electrons. The monoisotopic (exact) mass is 845 g/mol. The quantitative estimate of drug-likeness (QED) is 0.104. The summed E-state index contributed by atoms with van der Waals surface area (Å²) in [6.45, 7) is 39.6. The van der Waals surface area contributed by atoms with E-state index < -0.39 is 0 Å². The van der Waals surface area contributed by atoms with E-state index in [0.29, 0.717) is 52.1 Å². The van der Waals surface area contributed by atoms with Gasteiger partial charge in [0, 0.05) is 25.7 Å². The van der Waals surface area contributed by atoms with E-state index >= 15 is 0 Å². The van der Waals surface area contributed by atoms with Crippen LogP contribution in [0.2, 0.25) is 0 Å². The molecule has 0 atom stereocenters. The van der Waals surface area contributed by atoms with Gasteiger partial charge in [0.1, 0.15) is 23.0 Å². The van der Waals surface area contributed by atoms with Crippen molar-refractivity contribution in [3.63, 3.8) is 0 Å². The summed E-state index contributed by atoms with van der Waals surface area (Å²) < 4.78 is 28.1. The highest BCUT2D eigenvalue weighted by Crippen LogP contribution is 2.44. The lowest BCUT2D eigenvalue weighted by Crippen LogP contribution is -2.18. The molecule has 0 unspecified atom stereocenters. The van der Waals surface area contributed by atoms with Crippen LogP contribution in [0, 0.1) is 0 Å². The Labute approximate surface area is 378 Å². The largest absolute Gasteiger partial charge is 0.493 e. The van der Waals surface area contributed by atoms with Crippen LogP contribution in [0.5, 0.6) is 23.0 Å². The van der Waals surface area contributed by atoms with Crippen LogP contribution in [0.3, 0.4) is 0 Å². The Morgan fingerprint density at radius 2 is 0.500 bits per heavy atom. The van der Waals surface area contributed by atoms with Crippen LogP contribution in [-0.4, -0.2) is 26.4 Å². The average Bonchev–Trinajstić information content (AvgIpc) is 3.17. The highest BCUT2D eigenvalue weighted by Gasteiger charge is 2.29. The lowest BCUT2D eigenvalue weighted by molar-refractivity contribution is 0.299. The van der Waals surface area contributed by atoms with Crippen LogP contribution in [0.15, 0.2) is 48.5 Å². The maximum absolute atomic E-state index is 7.05. The van der Waals surface area contributed by atoms with Crippen LogP contribution in [0.25, 0.3) is 0 Å². The fraction of sp³-hybridized carbons (Fsp3) is 0.586. The minimum Gasteiger partial charge on any atom is -0.493 e. The highest BCUT2D eigenvalue weighted by atomic mass is 16.5. The molecule has 0 aliphatic heterocycles. The molecule has 4 heteroatoms. The summed E-state index contributed by atoms with van der Waals surface area (Å²) >= 11 is 0. The summed E-state index contributed by atoms with van der Waals surface area (Å²) in [5.41, 5.74) is 14.7. The van der Waals surface area contributed by atoms with Gasteiger partial charge in [-0.1, -0.05) is 172 Å². The topological polar surface area (TPSA) is 36.9 Å². The molecule has 1 aliphatic carbocycles. The van der Waals surface area contributed by atoms with E-state index in [0.717, 1.165) is 61.5 Å². The molecule has 0 spiro atoms. The molecule has 0 N–H and O–H groups in total. The molecule has 0 amide bonds. The normalized spacial score (nSPS) is 13.5. The van der Waals surface area contributed by atoms with E-state index in [9.17, 15) is 0 Å². The van der Waals surface area contributed by atoms with Gasteiger partial charge in [0.2, 0.25) is 0 Å². The van der Waals surface area contributed by atoms with Gasteiger partial charge in [-0.05, 0) is 114 Å². The first-order valence-electron chi connectivity index (χ1n) is 24.2. The zero-order valence-electron chi connectivity index (χ0n) is 42.2. The number of unbranched alkanes of at least 4 members (excludes halogenated alkanes) is 2. The Bertz CT molecular complexity index is 1970. The average molecular weight is 845 g/mol. The molecule has 4 nitrogen and oxygen atoms in total. The predicted molar refractivity (Wildman–Crippen MR) is 264 cm³/mol. The van der Waals surface area contributed by atoms with Gasteiger partial charge in [-0.25, -0.2) is 0 Å². The van der Waals surface area contributed by atoms with E-state index in [1.54, 1.807) is 0 Å². The van der Waals surface area contributed by atoms with Gasteiger partial charge in [0.05, 0.1) is 26.4 Å². The van der Waals surface area contributed by atoms with Gasteiger partial charge in [-0.15, -0.1) is 0 Å². The molecule has 4 aromatic rings. The van der Waals surface area contributed by atoms with E-state index in [4.69, 9.17) is 18.9 Å². The van der Waals surface area contributed by atoms with E-state index in [-0.39, 0.29) is 21.7 Å². The number of rotatable bonds is 14. The zero-order valence-corrected chi connectivity index (χ0v) is 42.2. The van der Waals surface area contributed by atoms with Crippen LogP contribution in [0.1, 0.15) is 216 Å². The molecule has 8 bridgehead atoms. The molecule has 1 aliphatic rings. The van der Waals surface area contributed by atoms with Crippen molar-refractivity contribution < 1.29 is 18.9 Å². The molecule has 0 saturated heterocycles. The van der Waals surface area contributed by atoms with Gasteiger partial charge in [0.15, 0.2) is 0 Å². The first-order chi connectivity index (χ1) is 29.1. The van der Waals surface area contributed by atoms with Crippen LogP contribution in [0.4, 0.5) is 0 Å². The first kappa shape index (κ1) is 49.1. The van der Waals surface area contributed by atoms with Crippen molar-refractivity contribution in [3.05, 3.63) is 115 Å². The van der Waals surface area contributed by atoms with Crippen LogP contribution < -0.4 is 18.9 Å². The lowest BCUT2D eigenvalue weighted by atomic mass is 9.79. The van der Waals surface area contributed by atoms with Crippen molar-refractivity contribution in [1.29, 1.82) is 0 Å². The van der Waals surface area contributed by atoms with Crippen LogP contribution in [-0.2, 0) is 47.3 Å². The Morgan fingerprint density at radius 1 is 0.306 bits per heavy atom. The van der Waals surface area contributed by atoms with E-state index in [1.807, 2.05) is 0 Å². The van der Waals surface area contributed by atoms with Gasteiger partial charge in [-0.2, -0.15) is 0 Å². The molecule has 340 valence electrons. The van der Waals surface area contributed by atoms with Crippen molar-refractivity contribution in [3.8, 4) is 23.0 Å². The second-order valence-corrected chi connectivity index (χ2v) is 22.3. The van der Waals surface area contributed by atoms with Gasteiger partial charge in [-0.3, -0.25) is 0 Å². The Kier molecular flexibility index (Phi) is 16.1. The van der Waals surface area contributed by atoms with Crippen LogP contribution >= 0.6 is 0 Å². The summed E-state index contributed by atoms with van der Waals surface area (Å²) in [6, 6.07) is 19.5.